The first-order valence-electron chi connectivity index (χ1n) is 6.79. The van der Waals surface area contributed by atoms with Gasteiger partial charge in [0.2, 0.25) is 4.33 Å². The first kappa shape index (κ1) is 18.3. The van der Waals surface area contributed by atoms with E-state index < -0.39 is 4.33 Å². The molecule has 2 nitrogen and oxygen atoms in total. The fourth-order valence-electron chi connectivity index (χ4n) is 1.85. The lowest BCUT2D eigenvalue weighted by atomic mass is 10.2. The number of aliphatic imine (C=N–C) groups is 2. The van der Waals surface area contributed by atoms with E-state index in [0.717, 1.165) is 11.1 Å². The van der Waals surface area contributed by atoms with E-state index in [1.165, 1.54) is 0 Å². The van der Waals surface area contributed by atoms with Crippen molar-refractivity contribution < 1.29 is 0 Å². The number of nitrogens with zero attached hydrogens (tertiary/aromatic N) is 2. The normalized spacial score (nSPS) is 13.3. The lowest BCUT2D eigenvalue weighted by Gasteiger charge is -2.16. The van der Waals surface area contributed by atoms with Crippen molar-refractivity contribution in [3.8, 4) is 0 Å². The van der Waals surface area contributed by atoms with Crippen LogP contribution >= 0.6 is 46.4 Å². The van der Waals surface area contributed by atoms with Gasteiger partial charge in [-0.2, -0.15) is 0 Å². The molecule has 0 N–H and O–H groups in total. The minimum atomic E-state index is -1.71. The third-order valence-corrected chi connectivity index (χ3v) is 4.81. The monoisotopic (exact) mass is 386 g/mol. The van der Waals surface area contributed by atoms with Crippen LogP contribution in [0.1, 0.15) is 11.1 Å². The van der Waals surface area contributed by atoms with E-state index in [1.54, 1.807) is 12.1 Å². The van der Waals surface area contributed by atoms with E-state index in [-0.39, 0.29) is 10.3 Å². The molecule has 0 aliphatic rings. The number of benzene rings is 2. The maximum absolute atomic E-state index is 6.26. The van der Waals surface area contributed by atoms with Crippen molar-refractivity contribution in [3.05, 3.63) is 59.7 Å². The number of halogens is 4. The Hall–Kier alpha value is -1.06. The van der Waals surface area contributed by atoms with E-state index in [9.17, 15) is 0 Å². The Morgan fingerprint density at radius 2 is 1.17 bits per heavy atom. The second-order valence-electron chi connectivity index (χ2n) is 5.06. The Bertz CT molecular complexity index is 703. The molecule has 0 saturated carbocycles. The topological polar surface area (TPSA) is 24.7 Å². The zero-order chi connectivity index (χ0) is 17.0. The fourth-order valence-corrected chi connectivity index (χ4v) is 2.44. The molecule has 6 heteroatoms. The highest BCUT2D eigenvalue weighted by molar-refractivity contribution is 6.93. The number of hydrogen-bond donors (Lipinski definition) is 0. The van der Waals surface area contributed by atoms with Gasteiger partial charge in [0.15, 0.2) is 0 Å². The molecule has 0 aromatic heterocycles. The van der Waals surface area contributed by atoms with Gasteiger partial charge >= 0.3 is 0 Å². The average Bonchev–Trinajstić information content (AvgIpc) is 2.47. The SMILES string of the molecule is Cc1cccc(N=C(Cl)C(Cl)(Cl)C(Cl)=Nc2cccc(C)c2)c1. The fraction of sp³-hybridized carbons (Fsp3) is 0.176. The van der Waals surface area contributed by atoms with Gasteiger partial charge in [-0.25, -0.2) is 9.98 Å². The van der Waals surface area contributed by atoms with Gasteiger partial charge in [0.25, 0.3) is 0 Å². The van der Waals surface area contributed by atoms with Crippen LogP contribution in [0.25, 0.3) is 0 Å². The van der Waals surface area contributed by atoms with Crippen molar-refractivity contribution in [3.63, 3.8) is 0 Å². The number of aryl methyl sites for hydroxylation is 2. The molecule has 0 saturated heterocycles. The lowest BCUT2D eigenvalue weighted by molar-refractivity contribution is 1.37. The molecule has 23 heavy (non-hydrogen) atoms. The largest absolute Gasteiger partial charge is 0.237 e. The van der Waals surface area contributed by atoms with Gasteiger partial charge in [-0.1, -0.05) is 70.7 Å². The van der Waals surface area contributed by atoms with Crippen molar-refractivity contribution in [2.75, 3.05) is 0 Å². The molecule has 120 valence electrons. The van der Waals surface area contributed by atoms with Crippen molar-refractivity contribution in [2.45, 2.75) is 18.2 Å². The van der Waals surface area contributed by atoms with Gasteiger partial charge in [0, 0.05) is 0 Å². The molecule has 0 aliphatic heterocycles. The highest BCUT2D eigenvalue weighted by atomic mass is 35.5. The van der Waals surface area contributed by atoms with Crippen LogP contribution in [-0.4, -0.2) is 14.7 Å². The molecule has 0 fully saturated rings. The van der Waals surface area contributed by atoms with Crippen LogP contribution in [0.4, 0.5) is 11.4 Å². The summed E-state index contributed by atoms with van der Waals surface area (Å²) >= 11 is 24.9. The van der Waals surface area contributed by atoms with Crippen LogP contribution in [0.3, 0.4) is 0 Å². The van der Waals surface area contributed by atoms with Crippen molar-refractivity contribution in [1.29, 1.82) is 0 Å². The van der Waals surface area contributed by atoms with Crippen LogP contribution in [-0.2, 0) is 0 Å². The molecule has 2 rings (SSSR count). The molecule has 0 radical (unpaired) electrons. The number of rotatable bonds is 4. The van der Waals surface area contributed by atoms with Crippen LogP contribution in [0.2, 0.25) is 0 Å². The van der Waals surface area contributed by atoms with Gasteiger partial charge in [-0.05, 0) is 49.2 Å². The summed E-state index contributed by atoms with van der Waals surface area (Å²) < 4.78 is -1.71. The Morgan fingerprint density at radius 1 is 0.783 bits per heavy atom. The molecule has 0 amide bonds. The predicted octanol–water partition coefficient (Wildman–Crippen LogP) is 6.72. The lowest BCUT2D eigenvalue weighted by Crippen LogP contribution is -2.28. The van der Waals surface area contributed by atoms with E-state index in [0.29, 0.717) is 11.4 Å². The summed E-state index contributed by atoms with van der Waals surface area (Å²) in [6.07, 6.45) is 0. The molecular weight excluding hydrogens is 374 g/mol. The van der Waals surface area contributed by atoms with E-state index >= 15 is 0 Å². The average molecular weight is 388 g/mol. The molecule has 0 atom stereocenters. The summed E-state index contributed by atoms with van der Waals surface area (Å²) in [4.78, 5) is 8.45. The molecule has 0 heterocycles. The first-order valence-corrected chi connectivity index (χ1v) is 8.30. The van der Waals surface area contributed by atoms with Crippen molar-refractivity contribution >= 4 is 68.1 Å². The minimum Gasteiger partial charge on any atom is -0.237 e. The van der Waals surface area contributed by atoms with Gasteiger partial charge in [-0.3, -0.25) is 0 Å². The number of hydrogen-bond acceptors (Lipinski definition) is 2. The van der Waals surface area contributed by atoms with E-state index in [2.05, 4.69) is 9.98 Å². The smallest absolute Gasteiger partial charge is 0.222 e. The standard InChI is InChI=1S/C17H14Cl4N2/c1-11-5-3-7-13(9-11)22-15(18)17(20,21)16(19)23-14-8-4-6-12(2)10-14/h3-10H,1-2H3. The maximum atomic E-state index is 6.26. The molecule has 0 spiro atoms. The molecule has 2 aromatic carbocycles. The Balaban J connectivity index is 2.32. The Kier molecular flexibility index (Phi) is 6.10. The van der Waals surface area contributed by atoms with Crippen molar-refractivity contribution in [1.82, 2.24) is 0 Å². The van der Waals surface area contributed by atoms with Crippen LogP contribution in [0.5, 0.6) is 0 Å². The summed E-state index contributed by atoms with van der Waals surface area (Å²) in [6.45, 7) is 3.90. The maximum Gasteiger partial charge on any atom is 0.222 e. The zero-order valence-corrected chi connectivity index (χ0v) is 15.5. The zero-order valence-electron chi connectivity index (χ0n) is 12.5. The summed E-state index contributed by atoms with van der Waals surface area (Å²) in [7, 11) is 0. The quantitative estimate of drug-likeness (QED) is 0.411. The summed E-state index contributed by atoms with van der Waals surface area (Å²) in [5, 5.41) is -0.124. The molecular formula is C17H14Cl4N2. The van der Waals surface area contributed by atoms with E-state index in [4.69, 9.17) is 46.4 Å². The van der Waals surface area contributed by atoms with Gasteiger partial charge in [0.05, 0.1) is 11.4 Å². The summed E-state index contributed by atoms with van der Waals surface area (Å²) in [5.74, 6) is 0. The molecule has 0 aliphatic carbocycles. The molecule has 0 bridgehead atoms. The Labute approximate surface area is 155 Å². The van der Waals surface area contributed by atoms with Crippen LogP contribution < -0.4 is 0 Å². The van der Waals surface area contributed by atoms with Crippen LogP contribution in [0.15, 0.2) is 58.5 Å². The summed E-state index contributed by atoms with van der Waals surface area (Å²) in [5.41, 5.74) is 3.37. The Morgan fingerprint density at radius 3 is 1.52 bits per heavy atom. The third kappa shape index (κ3) is 4.95. The second-order valence-corrected chi connectivity index (χ2v) is 7.10. The highest BCUT2D eigenvalue weighted by Crippen LogP contribution is 2.33. The number of alkyl halides is 2. The van der Waals surface area contributed by atoms with Crippen molar-refractivity contribution in [2.24, 2.45) is 9.98 Å². The second kappa shape index (κ2) is 7.67. The van der Waals surface area contributed by atoms with Gasteiger partial charge in [-0.15, -0.1) is 0 Å². The van der Waals surface area contributed by atoms with Gasteiger partial charge in [0.1, 0.15) is 10.3 Å². The summed E-state index contributed by atoms with van der Waals surface area (Å²) in [6, 6.07) is 14.9. The predicted molar refractivity (Wildman–Crippen MR) is 103 cm³/mol. The molecule has 0 unspecified atom stereocenters. The molecule has 2 aromatic rings. The highest BCUT2D eigenvalue weighted by Gasteiger charge is 2.36. The van der Waals surface area contributed by atoms with E-state index in [1.807, 2.05) is 50.2 Å². The third-order valence-electron chi connectivity index (χ3n) is 2.98. The first-order chi connectivity index (χ1) is 10.8. The minimum absolute atomic E-state index is 0.0622. The van der Waals surface area contributed by atoms with Gasteiger partial charge < -0.3 is 0 Å². The van der Waals surface area contributed by atoms with Crippen LogP contribution in [0, 0.1) is 13.8 Å².